The fraction of sp³-hybridized carbons (Fsp3) is 0.273. The number of aryl methyl sites for hydroxylation is 1. The lowest BCUT2D eigenvalue weighted by Crippen LogP contribution is -1.93. The van der Waals surface area contributed by atoms with Gasteiger partial charge in [-0.2, -0.15) is 0 Å². The highest BCUT2D eigenvalue weighted by Gasteiger charge is 2.20. The molecule has 124 valence electrons. The molecule has 3 nitrogen and oxygen atoms in total. The van der Waals surface area contributed by atoms with Crippen molar-refractivity contribution < 1.29 is 4.79 Å². The summed E-state index contributed by atoms with van der Waals surface area (Å²) in [5.74, 6) is 7.97. The molecular weight excluding hydrogens is 308 g/mol. The van der Waals surface area contributed by atoms with Gasteiger partial charge in [-0.3, -0.25) is 4.79 Å². The van der Waals surface area contributed by atoms with Crippen LogP contribution in [0.2, 0.25) is 0 Å². The summed E-state index contributed by atoms with van der Waals surface area (Å²) in [6.07, 6.45) is 5.92. The van der Waals surface area contributed by atoms with Crippen molar-refractivity contribution in [2.75, 3.05) is 0 Å². The van der Waals surface area contributed by atoms with E-state index in [1.807, 2.05) is 43.3 Å². The van der Waals surface area contributed by atoms with Crippen LogP contribution in [0.4, 0.5) is 0 Å². The van der Waals surface area contributed by atoms with Crippen LogP contribution in [0, 0.1) is 18.8 Å². The van der Waals surface area contributed by atoms with E-state index in [9.17, 15) is 4.79 Å². The first-order valence-electron chi connectivity index (χ1n) is 8.80. The topological polar surface area (TPSA) is 45.8 Å². The summed E-state index contributed by atoms with van der Waals surface area (Å²) < 4.78 is 0. The van der Waals surface area contributed by atoms with Gasteiger partial charge in [0.25, 0.3) is 0 Å². The number of carbonyl (C=O) groups excluding carboxylic acids is 1. The van der Waals surface area contributed by atoms with Crippen LogP contribution in [0.1, 0.15) is 64.5 Å². The summed E-state index contributed by atoms with van der Waals surface area (Å²) in [5, 5.41) is 0. The molecule has 1 aliphatic carbocycles. The van der Waals surface area contributed by atoms with Gasteiger partial charge in [0.2, 0.25) is 0 Å². The van der Waals surface area contributed by atoms with E-state index in [-0.39, 0.29) is 0 Å². The van der Waals surface area contributed by atoms with E-state index in [4.69, 9.17) is 4.98 Å². The quantitative estimate of drug-likeness (QED) is 0.545. The fourth-order valence-electron chi connectivity index (χ4n) is 3.53. The number of H-pyrrole nitrogens is 1. The highest BCUT2D eigenvalue weighted by Crippen LogP contribution is 2.33. The van der Waals surface area contributed by atoms with Crippen molar-refractivity contribution in [1.29, 1.82) is 0 Å². The third-order valence-corrected chi connectivity index (χ3v) is 4.92. The number of aromatic nitrogens is 2. The number of aldehydes is 1. The molecular formula is C22H20N2O. The van der Waals surface area contributed by atoms with E-state index >= 15 is 0 Å². The summed E-state index contributed by atoms with van der Waals surface area (Å²) in [6.45, 7) is 1.97. The molecule has 1 aliphatic rings. The molecule has 4 rings (SSSR count). The van der Waals surface area contributed by atoms with E-state index < -0.39 is 0 Å². The second-order valence-corrected chi connectivity index (χ2v) is 6.79. The van der Waals surface area contributed by atoms with Crippen LogP contribution in [0.3, 0.4) is 0 Å². The third kappa shape index (κ3) is 3.21. The van der Waals surface area contributed by atoms with Crippen molar-refractivity contribution in [3.63, 3.8) is 0 Å². The molecule has 3 aromatic rings. The Balaban J connectivity index is 1.65. The Morgan fingerprint density at radius 2 is 1.96 bits per heavy atom. The number of fused-ring (bicyclic) bond motifs is 1. The van der Waals surface area contributed by atoms with Gasteiger partial charge < -0.3 is 4.98 Å². The lowest BCUT2D eigenvalue weighted by atomic mass is 10.1. The van der Waals surface area contributed by atoms with Gasteiger partial charge in [-0.05, 0) is 50.1 Å². The van der Waals surface area contributed by atoms with Gasteiger partial charge in [-0.15, -0.1) is 0 Å². The van der Waals surface area contributed by atoms with Crippen LogP contribution in [-0.4, -0.2) is 16.3 Å². The minimum atomic E-state index is 0.574. The van der Waals surface area contributed by atoms with Gasteiger partial charge in [0.05, 0.1) is 11.0 Å². The Bertz CT molecular complexity index is 998. The molecule has 0 bridgehead atoms. The van der Waals surface area contributed by atoms with Crippen LogP contribution < -0.4 is 0 Å². The first-order valence-corrected chi connectivity index (χ1v) is 8.80. The van der Waals surface area contributed by atoms with Gasteiger partial charge in [-0.25, -0.2) is 4.98 Å². The first-order chi connectivity index (χ1) is 12.2. The Hall–Kier alpha value is -2.86. The van der Waals surface area contributed by atoms with Crippen LogP contribution in [-0.2, 0) is 0 Å². The number of aromatic amines is 1. The molecule has 2 aromatic carbocycles. The summed E-state index contributed by atoms with van der Waals surface area (Å²) >= 11 is 0. The Kier molecular flexibility index (Phi) is 4.11. The molecule has 1 saturated carbocycles. The molecule has 1 N–H and O–H groups in total. The van der Waals surface area contributed by atoms with Crippen LogP contribution in [0.5, 0.6) is 0 Å². The van der Waals surface area contributed by atoms with Crippen LogP contribution >= 0.6 is 0 Å². The number of nitrogens with one attached hydrogen (secondary N) is 1. The van der Waals surface area contributed by atoms with E-state index in [1.54, 1.807) is 0 Å². The molecule has 1 heterocycles. The van der Waals surface area contributed by atoms with Crippen molar-refractivity contribution in [3.05, 3.63) is 64.5 Å². The normalized spacial score (nSPS) is 14.4. The summed E-state index contributed by atoms with van der Waals surface area (Å²) in [6, 6.07) is 11.8. The Labute approximate surface area is 147 Å². The molecule has 0 unspecified atom stereocenters. The fourth-order valence-corrected chi connectivity index (χ4v) is 3.53. The second kappa shape index (κ2) is 6.57. The predicted octanol–water partition coefficient (Wildman–Crippen LogP) is 4.74. The molecule has 0 atom stereocenters. The van der Waals surface area contributed by atoms with Crippen molar-refractivity contribution in [3.8, 4) is 11.8 Å². The number of nitrogens with zero attached hydrogens (tertiary/aromatic N) is 1. The van der Waals surface area contributed by atoms with Crippen molar-refractivity contribution in [2.45, 2.75) is 38.5 Å². The second-order valence-electron chi connectivity index (χ2n) is 6.79. The molecule has 0 radical (unpaired) electrons. The van der Waals surface area contributed by atoms with Crippen LogP contribution in [0.25, 0.3) is 11.0 Å². The van der Waals surface area contributed by atoms with Crippen LogP contribution in [0.15, 0.2) is 36.4 Å². The smallest absolute Gasteiger partial charge is 0.151 e. The van der Waals surface area contributed by atoms with Gasteiger partial charge >= 0.3 is 0 Å². The minimum Gasteiger partial charge on any atom is -0.342 e. The van der Waals surface area contributed by atoms with Crippen molar-refractivity contribution >= 4 is 17.3 Å². The van der Waals surface area contributed by atoms with E-state index in [0.717, 1.165) is 39.8 Å². The maximum absolute atomic E-state index is 11.2. The Morgan fingerprint density at radius 3 is 2.76 bits per heavy atom. The Morgan fingerprint density at radius 1 is 1.12 bits per heavy atom. The van der Waals surface area contributed by atoms with Crippen molar-refractivity contribution in [1.82, 2.24) is 9.97 Å². The van der Waals surface area contributed by atoms with Gasteiger partial charge in [0.15, 0.2) is 6.29 Å². The monoisotopic (exact) mass is 328 g/mol. The van der Waals surface area contributed by atoms with E-state index in [0.29, 0.717) is 11.5 Å². The number of hydrogen-bond acceptors (Lipinski definition) is 2. The maximum atomic E-state index is 11.2. The summed E-state index contributed by atoms with van der Waals surface area (Å²) in [5.41, 5.74) is 5.41. The maximum Gasteiger partial charge on any atom is 0.151 e. The highest BCUT2D eigenvalue weighted by atomic mass is 16.1. The molecule has 1 fully saturated rings. The predicted molar refractivity (Wildman–Crippen MR) is 99.8 cm³/mol. The zero-order valence-corrected chi connectivity index (χ0v) is 14.3. The first kappa shape index (κ1) is 15.7. The number of benzene rings is 2. The summed E-state index contributed by atoms with van der Waals surface area (Å²) in [4.78, 5) is 19.4. The number of rotatable bonds is 2. The molecule has 25 heavy (non-hydrogen) atoms. The zero-order valence-electron chi connectivity index (χ0n) is 14.3. The number of hydrogen-bond donors (Lipinski definition) is 1. The largest absolute Gasteiger partial charge is 0.342 e. The molecule has 3 heteroatoms. The van der Waals surface area contributed by atoms with Gasteiger partial charge in [0.1, 0.15) is 5.82 Å². The molecule has 0 saturated heterocycles. The SMILES string of the molecule is Cc1ccc(C#Cc2ccc3nc(C4CCCC4)[nH]c3c2)c(C=O)c1. The molecule has 0 spiro atoms. The molecule has 0 amide bonds. The highest BCUT2D eigenvalue weighted by molar-refractivity contribution is 5.80. The molecule has 0 aliphatic heterocycles. The third-order valence-electron chi connectivity index (χ3n) is 4.92. The van der Waals surface area contributed by atoms with Crippen molar-refractivity contribution in [2.24, 2.45) is 0 Å². The lowest BCUT2D eigenvalue weighted by molar-refractivity contribution is 0.112. The zero-order chi connectivity index (χ0) is 17.2. The number of carbonyl (C=O) groups is 1. The van der Waals surface area contributed by atoms with Gasteiger partial charge in [0, 0.05) is 22.6 Å². The lowest BCUT2D eigenvalue weighted by Gasteiger charge is -2.02. The standard InChI is InChI=1S/C22H20N2O/c1-15-6-9-17(19(12-15)14-25)10-7-16-8-11-20-21(13-16)24-22(23-20)18-4-2-3-5-18/h6,8-9,11-14,18H,2-5H2,1H3,(H,23,24). The average Bonchev–Trinajstić information content (AvgIpc) is 3.29. The van der Waals surface area contributed by atoms with E-state index in [2.05, 4.69) is 16.8 Å². The average molecular weight is 328 g/mol. The summed E-state index contributed by atoms with van der Waals surface area (Å²) in [7, 11) is 0. The van der Waals surface area contributed by atoms with Gasteiger partial charge in [-0.1, -0.05) is 36.3 Å². The minimum absolute atomic E-state index is 0.574. The van der Waals surface area contributed by atoms with E-state index in [1.165, 1.54) is 25.7 Å². The number of imidazole rings is 1. The molecule has 1 aromatic heterocycles.